The third-order valence-electron chi connectivity index (χ3n) is 3.32. The summed E-state index contributed by atoms with van der Waals surface area (Å²) in [5.41, 5.74) is 5.76. The molecule has 2 N–H and O–H groups in total. The molecule has 2 saturated carbocycles. The largest absolute Gasteiger partial charge is 0.369 e. The van der Waals surface area contributed by atoms with Crippen LogP contribution in [0.25, 0.3) is 0 Å². The van der Waals surface area contributed by atoms with E-state index in [1.54, 1.807) is 0 Å². The van der Waals surface area contributed by atoms with Gasteiger partial charge in [0.25, 0.3) is 0 Å². The van der Waals surface area contributed by atoms with Gasteiger partial charge in [0.15, 0.2) is 0 Å². The Morgan fingerprint density at radius 3 is 2.00 bits per heavy atom. The highest BCUT2D eigenvalue weighted by molar-refractivity contribution is 5.77. The van der Waals surface area contributed by atoms with Crippen molar-refractivity contribution in [3.63, 3.8) is 0 Å². The summed E-state index contributed by atoms with van der Waals surface area (Å²) in [4.78, 5) is 10.7. The van der Waals surface area contributed by atoms with Crippen molar-refractivity contribution in [1.82, 2.24) is 0 Å². The van der Waals surface area contributed by atoms with E-state index in [-0.39, 0.29) is 11.8 Å². The first kappa shape index (κ1) is 10.6. The molecule has 1 spiro atoms. The Balaban J connectivity index is 0.000000396. The normalized spacial score (nSPS) is 41.2. The van der Waals surface area contributed by atoms with E-state index in [1.807, 2.05) is 13.8 Å². The number of amides is 1. The van der Waals surface area contributed by atoms with Gasteiger partial charge < -0.3 is 5.73 Å². The van der Waals surface area contributed by atoms with Gasteiger partial charge in [0, 0.05) is 5.92 Å². The number of hydrogen-bond donors (Lipinski definition) is 1. The van der Waals surface area contributed by atoms with Gasteiger partial charge in [0.05, 0.1) is 0 Å². The average molecular weight is 183 g/mol. The molecule has 0 aliphatic heterocycles. The Labute approximate surface area is 80.9 Å². The van der Waals surface area contributed by atoms with Crippen molar-refractivity contribution in [3.05, 3.63) is 0 Å². The van der Waals surface area contributed by atoms with Crippen LogP contribution in [0.1, 0.15) is 46.5 Å². The maximum absolute atomic E-state index is 10.7. The van der Waals surface area contributed by atoms with Crippen LogP contribution in [-0.2, 0) is 4.79 Å². The predicted molar refractivity (Wildman–Crippen MR) is 54.1 cm³/mol. The molecule has 2 aliphatic carbocycles. The number of nitrogens with two attached hydrogens (primary N) is 1. The van der Waals surface area contributed by atoms with Crippen LogP contribution < -0.4 is 5.73 Å². The van der Waals surface area contributed by atoms with Gasteiger partial charge in [-0.3, -0.25) is 4.79 Å². The summed E-state index contributed by atoms with van der Waals surface area (Å²) in [6.45, 7) is 6.28. The highest BCUT2D eigenvalue weighted by Gasteiger charge is 2.52. The highest BCUT2D eigenvalue weighted by Crippen LogP contribution is 2.60. The summed E-state index contributed by atoms with van der Waals surface area (Å²) in [6, 6.07) is 0. The van der Waals surface area contributed by atoms with Crippen LogP contribution in [0.5, 0.6) is 0 Å². The molecule has 0 unspecified atom stereocenters. The lowest BCUT2D eigenvalue weighted by molar-refractivity contribution is -0.136. The molecule has 0 aromatic rings. The molecule has 13 heavy (non-hydrogen) atoms. The Morgan fingerprint density at radius 1 is 1.23 bits per heavy atom. The molecular formula is C11H21NO. The van der Waals surface area contributed by atoms with Crippen molar-refractivity contribution in [2.75, 3.05) is 0 Å². The monoisotopic (exact) mass is 183 g/mol. The van der Waals surface area contributed by atoms with Crippen LogP contribution in [0.2, 0.25) is 0 Å². The topological polar surface area (TPSA) is 43.1 Å². The molecule has 0 aromatic heterocycles. The van der Waals surface area contributed by atoms with E-state index in [2.05, 4.69) is 6.92 Å². The Morgan fingerprint density at radius 2 is 1.69 bits per heavy atom. The zero-order valence-electron chi connectivity index (χ0n) is 8.97. The lowest BCUT2D eigenvalue weighted by Gasteiger charge is -2.56. The summed E-state index contributed by atoms with van der Waals surface area (Å²) in [6.07, 6.45) is 4.81. The van der Waals surface area contributed by atoms with Gasteiger partial charge >= 0.3 is 0 Å². The third-order valence-corrected chi connectivity index (χ3v) is 3.32. The minimum Gasteiger partial charge on any atom is -0.369 e. The average Bonchev–Trinajstić information content (AvgIpc) is 1.97. The molecule has 2 aliphatic rings. The van der Waals surface area contributed by atoms with Crippen LogP contribution in [0.4, 0.5) is 0 Å². The molecule has 2 rings (SSSR count). The molecule has 2 heteroatoms. The fraction of sp³-hybridized carbons (Fsp3) is 0.909. The molecule has 0 bridgehead atoms. The van der Waals surface area contributed by atoms with Crippen LogP contribution in [0.3, 0.4) is 0 Å². The maximum Gasteiger partial charge on any atom is 0.220 e. The summed E-state index contributed by atoms with van der Waals surface area (Å²) in [5.74, 6) is 1.02. The van der Waals surface area contributed by atoms with Crippen molar-refractivity contribution in [3.8, 4) is 0 Å². The zero-order valence-corrected chi connectivity index (χ0v) is 8.97. The van der Waals surface area contributed by atoms with E-state index in [0.717, 1.165) is 18.8 Å². The van der Waals surface area contributed by atoms with Crippen LogP contribution in [0.15, 0.2) is 0 Å². The molecule has 0 atom stereocenters. The second kappa shape index (κ2) is 3.69. The van der Waals surface area contributed by atoms with Gasteiger partial charge in [-0.25, -0.2) is 0 Å². The molecule has 0 radical (unpaired) electrons. The van der Waals surface area contributed by atoms with Gasteiger partial charge in [-0.1, -0.05) is 20.8 Å². The fourth-order valence-corrected chi connectivity index (χ4v) is 2.94. The first-order valence-electron chi connectivity index (χ1n) is 5.41. The van der Waals surface area contributed by atoms with Crippen LogP contribution in [0, 0.1) is 17.3 Å². The van der Waals surface area contributed by atoms with Gasteiger partial charge in [0.2, 0.25) is 5.91 Å². The molecule has 0 saturated heterocycles. The summed E-state index contributed by atoms with van der Waals surface area (Å²) in [5, 5.41) is 0. The molecular weight excluding hydrogens is 162 g/mol. The first-order valence-corrected chi connectivity index (χ1v) is 5.41. The van der Waals surface area contributed by atoms with Gasteiger partial charge in [-0.2, -0.15) is 0 Å². The lowest BCUT2D eigenvalue weighted by atomic mass is 9.48. The van der Waals surface area contributed by atoms with E-state index in [0.29, 0.717) is 5.41 Å². The fourth-order valence-electron chi connectivity index (χ4n) is 2.94. The van der Waals surface area contributed by atoms with E-state index >= 15 is 0 Å². The van der Waals surface area contributed by atoms with Crippen molar-refractivity contribution >= 4 is 5.91 Å². The lowest BCUT2D eigenvalue weighted by Crippen LogP contribution is -2.50. The summed E-state index contributed by atoms with van der Waals surface area (Å²) < 4.78 is 0. The minimum absolute atomic E-state index is 0.0878. The summed E-state index contributed by atoms with van der Waals surface area (Å²) in [7, 11) is 0. The van der Waals surface area contributed by atoms with Crippen molar-refractivity contribution in [1.29, 1.82) is 0 Å². The Kier molecular flexibility index (Phi) is 2.99. The SMILES string of the molecule is CC.CC1CC2(C1)CC(C(N)=O)C2. The van der Waals surface area contributed by atoms with Gasteiger partial charge in [0.1, 0.15) is 0 Å². The van der Waals surface area contributed by atoms with Crippen LogP contribution in [-0.4, -0.2) is 5.91 Å². The van der Waals surface area contributed by atoms with Crippen molar-refractivity contribution < 1.29 is 4.79 Å². The number of primary amides is 1. The van der Waals surface area contributed by atoms with E-state index in [4.69, 9.17) is 5.73 Å². The van der Waals surface area contributed by atoms with Crippen molar-refractivity contribution in [2.24, 2.45) is 23.0 Å². The van der Waals surface area contributed by atoms with Crippen molar-refractivity contribution in [2.45, 2.75) is 46.5 Å². The quantitative estimate of drug-likeness (QED) is 0.666. The Bertz CT molecular complexity index is 186. The molecule has 76 valence electrons. The third kappa shape index (κ3) is 1.87. The number of rotatable bonds is 1. The molecule has 0 heterocycles. The molecule has 2 fully saturated rings. The van der Waals surface area contributed by atoms with E-state index < -0.39 is 0 Å². The molecule has 2 nitrogen and oxygen atoms in total. The second-order valence-electron chi connectivity index (χ2n) is 4.52. The van der Waals surface area contributed by atoms with Gasteiger partial charge in [-0.15, -0.1) is 0 Å². The van der Waals surface area contributed by atoms with Gasteiger partial charge in [-0.05, 0) is 37.0 Å². The predicted octanol–water partition coefficient (Wildman–Crippen LogP) is 2.32. The smallest absolute Gasteiger partial charge is 0.220 e. The second-order valence-corrected chi connectivity index (χ2v) is 4.52. The summed E-state index contributed by atoms with van der Waals surface area (Å²) >= 11 is 0. The first-order chi connectivity index (χ1) is 6.11. The minimum atomic E-state index is -0.0878. The highest BCUT2D eigenvalue weighted by atomic mass is 16.1. The number of carbonyl (C=O) groups is 1. The standard InChI is InChI=1S/C9H15NO.C2H6/c1-6-2-9(3-6)4-7(5-9)8(10)11;1-2/h6-7H,2-5H2,1H3,(H2,10,11);1-2H3. The van der Waals surface area contributed by atoms with E-state index in [9.17, 15) is 4.79 Å². The van der Waals surface area contributed by atoms with Crippen LogP contribution >= 0.6 is 0 Å². The van der Waals surface area contributed by atoms with E-state index in [1.165, 1.54) is 12.8 Å². The molecule has 1 amide bonds. The maximum atomic E-state index is 10.7. The Hall–Kier alpha value is -0.530. The number of carbonyl (C=O) groups excluding carboxylic acids is 1. The number of hydrogen-bond acceptors (Lipinski definition) is 1. The zero-order chi connectivity index (χ0) is 10.1. The molecule has 0 aromatic carbocycles.